The topological polar surface area (TPSA) is 18.5 Å². The van der Waals surface area contributed by atoms with Crippen LogP contribution >= 0.6 is 11.6 Å². The molecule has 0 aliphatic rings. The van der Waals surface area contributed by atoms with Gasteiger partial charge in [0.05, 0.1) is 13.2 Å². The zero-order chi connectivity index (χ0) is 21.4. The normalized spacial score (nSPS) is 11.2. The first-order valence-corrected chi connectivity index (χ1v) is 11.7. The van der Waals surface area contributed by atoms with Crippen molar-refractivity contribution in [2.75, 3.05) is 19.1 Å². The Morgan fingerprint density at radius 3 is 1.14 bits per heavy atom. The summed E-state index contributed by atoms with van der Waals surface area (Å²) in [6, 6.07) is 9.19. The quantitative estimate of drug-likeness (QED) is 0.363. The lowest BCUT2D eigenvalue weighted by Gasteiger charge is -2.23. The number of ether oxygens (including phenoxy) is 2. The zero-order valence-electron chi connectivity index (χ0n) is 19.0. The summed E-state index contributed by atoms with van der Waals surface area (Å²) in [5.41, 5.74) is 7.65. The van der Waals surface area contributed by atoms with Crippen molar-refractivity contribution in [1.82, 2.24) is 0 Å². The second-order valence-electron chi connectivity index (χ2n) is 7.32. The van der Waals surface area contributed by atoms with Gasteiger partial charge in [-0.1, -0.05) is 52.0 Å². The minimum absolute atomic E-state index is 0.161. The van der Waals surface area contributed by atoms with Gasteiger partial charge in [0.25, 0.3) is 0 Å². The molecule has 0 radical (unpaired) electrons. The molecule has 2 nitrogen and oxygen atoms in total. The summed E-state index contributed by atoms with van der Waals surface area (Å²) in [6.07, 6.45) is 3.81. The standard InChI is InChI=1S/C26H37ClO2/c1-7-18-13-22(14-19(8-2)25(18)28-11-5)24(17-27)23-15-20(9-3)26(29-12-6)21(10-4)16-23/h13-16,24H,7-12,17H2,1-6H3. The second-order valence-corrected chi connectivity index (χ2v) is 7.63. The maximum atomic E-state index is 6.56. The van der Waals surface area contributed by atoms with Crippen LogP contribution in [0, 0.1) is 0 Å². The van der Waals surface area contributed by atoms with Gasteiger partial charge in [-0.15, -0.1) is 11.6 Å². The molecular weight excluding hydrogens is 380 g/mol. The van der Waals surface area contributed by atoms with Crippen molar-refractivity contribution >= 4 is 11.6 Å². The van der Waals surface area contributed by atoms with Gasteiger partial charge >= 0.3 is 0 Å². The van der Waals surface area contributed by atoms with E-state index >= 15 is 0 Å². The molecule has 0 unspecified atom stereocenters. The molecule has 0 saturated heterocycles. The lowest BCUT2D eigenvalue weighted by atomic mass is 9.86. The fourth-order valence-electron chi connectivity index (χ4n) is 4.05. The number of hydrogen-bond acceptors (Lipinski definition) is 2. The maximum absolute atomic E-state index is 6.56. The third-order valence-corrected chi connectivity index (χ3v) is 5.90. The maximum Gasteiger partial charge on any atom is 0.125 e. The van der Waals surface area contributed by atoms with Crippen LogP contribution in [0.5, 0.6) is 11.5 Å². The van der Waals surface area contributed by atoms with Crippen LogP contribution in [0.3, 0.4) is 0 Å². The van der Waals surface area contributed by atoms with Crippen LogP contribution in [0.4, 0.5) is 0 Å². The van der Waals surface area contributed by atoms with E-state index in [1.807, 2.05) is 13.8 Å². The lowest BCUT2D eigenvalue weighted by molar-refractivity contribution is 0.333. The van der Waals surface area contributed by atoms with E-state index in [9.17, 15) is 0 Å². The molecule has 0 bridgehead atoms. The molecule has 0 amide bonds. The Bertz CT molecular complexity index is 682. The van der Waals surface area contributed by atoms with Crippen molar-refractivity contribution in [1.29, 1.82) is 0 Å². The summed E-state index contributed by atoms with van der Waals surface area (Å²) in [4.78, 5) is 0. The van der Waals surface area contributed by atoms with E-state index in [4.69, 9.17) is 21.1 Å². The van der Waals surface area contributed by atoms with Crippen molar-refractivity contribution in [2.45, 2.75) is 73.1 Å². The van der Waals surface area contributed by atoms with Crippen LogP contribution in [0.25, 0.3) is 0 Å². The SMILES string of the molecule is CCOc1c(CC)cc(C(CCl)c2cc(CC)c(OCC)c(CC)c2)cc1CC. The first kappa shape index (κ1) is 23.6. The molecule has 0 aromatic heterocycles. The molecule has 0 spiro atoms. The monoisotopic (exact) mass is 416 g/mol. The van der Waals surface area contributed by atoms with Crippen LogP contribution < -0.4 is 9.47 Å². The van der Waals surface area contributed by atoms with E-state index in [0.717, 1.165) is 37.2 Å². The summed E-state index contributed by atoms with van der Waals surface area (Å²) < 4.78 is 12.0. The number of halogens is 1. The van der Waals surface area contributed by atoms with Crippen LogP contribution in [-0.4, -0.2) is 19.1 Å². The van der Waals surface area contributed by atoms with E-state index in [1.54, 1.807) is 0 Å². The Morgan fingerprint density at radius 2 is 0.931 bits per heavy atom. The van der Waals surface area contributed by atoms with E-state index in [2.05, 4.69) is 52.0 Å². The molecule has 2 rings (SSSR count). The van der Waals surface area contributed by atoms with Crippen molar-refractivity contribution in [3.05, 3.63) is 57.6 Å². The molecular formula is C26H37ClO2. The summed E-state index contributed by atoms with van der Waals surface area (Å²) in [5, 5.41) is 0. The van der Waals surface area contributed by atoms with Crippen molar-refractivity contribution in [2.24, 2.45) is 0 Å². The smallest absolute Gasteiger partial charge is 0.125 e. The molecule has 3 heteroatoms. The third-order valence-electron chi connectivity index (χ3n) is 5.59. The van der Waals surface area contributed by atoms with Crippen LogP contribution in [0.1, 0.15) is 80.8 Å². The number of aryl methyl sites for hydroxylation is 4. The Hall–Kier alpha value is -1.67. The summed E-state index contributed by atoms with van der Waals surface area (Å²) in [6.45, 7) is 14.2. The van der Waals surface area contributed by atoms with Gasteiger partial charge in [-0.2, -0.15) is 0 Å². The van der Waals surface area contributed by atoms with Gasteiger partial charge in [-0.25, -0.2) is 0 Å². The highest BCUT2D eigenvalue weighted by atomic mass is 35.5. The highest BCUT2D eigenvalue weighted by Crippen LogP contribution is 2.37. The largest absolute Gasteiger partial charge is 0.493 e. The summed E-state index contributed by atoms with van der Waals surface area (Å²) >= 11 is 6.56. The Balaban J connectivity index is 2.61. The van der Waals surface area contributed by atoms with Gasteiger partial charge in [0, 0.05) is 11.8 Å². The molecule has 160 valence electrons. The molecule has 2 aromatic rings. The van der Waals surface area contributed by atoms with E-state index < -0.39 is 0 Å². The molecule has 0 atom stereocenters. The van der Waals surface area contributed by atoms with E-state index in [1.165, 1.54) is 33.4 Å². The Labute approximate surface area is 182 Å². The van der Waals surface area contributed by atoms with E-state index in [-0.39, 0.29) is 5.92 Å². The second kappa shape index (κ2) is 11.5. The average Bonchev–Trinajstić information content (AvgIpc) is 2.75. The number of alkyl halides is 1. The van der Waals surface area contributed by atoms with Crippen molar-refractivity contribution < 1.29 is 9.47 Å². The Kier molecular flexibility index (Phi) is 9.36. The highest BCUT2D eigenvalue weighted by Gasteiger charge is 2.20. The number of hydrogen-bond donors (Lipinski definition) is 0. The third kappa shape index (κ3) is 5.28. The minimum Gasteiger partial charge on any atom is -0.493 e. The van der Waals surface area contributed by atoms with Crippen molar-refractivity contribution in [3.8, 4) is 11.5 Å². The fraction of sp³-hybridized carbons (Fsp3) is 0.538. The summed E-state index contributed by atoms with van der Waals surface area (Å²) in [5.74, 6) is 2.84. The molecule has 2 aromatic carbocycles. The molecule has 29 heavy (non-hydrogen) atoms. The van der Waals surface area contributed by atoms with Gasteiger partial charge in [0.15, 0.2) is 0 Å². The van der Waals surface area contributed by atoms with Gasteiger partial charge in [0.1, 0.15) is 11.5 Å². The lowest BCUT2D eigenvalue weighted by Crippen LogP contribution is -2.09. The molecule has 0 saturated carbocycles. The first-order chi connectivity index (χ1) is 14.1. The van der Waals surface area contributed by atoms with Crippen LogP contribution in [0.15, 0.2) is 24.3 Å². The molecule has 0 N–H and O–H groups in total. The first-order valence-electron chi connectivity index (χ1n) is 11.2. The Morgan fingerprint density at radius 1 is 0.621 bits per heavy atom. The average molecular weight is 417 g/mol. The predicted octanol–water partition coefficient (Wildman–Crippen LogP) is 7.10. The van der Waals surface area contributed by atoms with Gasteiger partial charge < -0.3 is 9.47 Å². The van der Waals surface area contributed by atoms with Gasteiger partial charge in [0.2, 0.25) is 0 Å². The molecule has 0 fully saturated rings. The fourth-order valence-corrected chi connectivity index (χ4v) is 4.40. The van der Waals surface area contributed by atoms with E-state index in [0.29, 0.717) is 19.1 Å². The van der Waals surface area contributed by atoms with Gasteiger partial charge in [-0.3, -0.25) is 0 Å². The van der Waals surface area contributed by atoms with Gasteiger partial charge in [-0.05, 0) is 72.9 Å². The molecule has 0 aliphatic carbocycles. The van der Waals surface area contributed by atoms with Crippen LogP contribution in [-0.2, 0) is 25.7 Å². The molecule has 0 aliphatic heterocycles. The highest BCUT2D eigenvalue weighted by molar-refractivity contribution is 6.18. The summed E-state index contributed by atoms with van der Waals surface area (Å²) in [7, 11) is 0. The minimum atomic E-state index is 0.161. The predicted molar refractivity (Wildman–Crippen MR) is 125 cm³/mol. The molecule has 0 heterocycles. The van der Waals surface area contributed by atoms with Crippen LogP contribution in [0.2, 0.25) is 0 Å². The van der Waals surface area contributed by atoms with Crippen molar-refractivity contribution in [3.63, 3.8) is 0 Å². The zero-order valence-corrected chi connectivity index (χ0v) is 19.8. The number of benzene rings is 2. The number of rotatable bonds is 11.